The molecule has 2 unspecified atom stereocenters. The van der Waals surface area contributed by atoms with Gasteiger partial charge in [0, 0.05) is 25.6 Å². The third kappa shape index (κ3) is 5.23. The van der Waals surface area contributed by atoms with E-state index in [0.717, 1.165) is 19.4 Å². The number of esters is 1. The van der Waals surface area contributed by atoms with Crippen molar-refractivity contribution in [2.75, 3.05) is 19.7 Å². The predicted molar refractivity (Wildman–Crippen MR) is 71.5 cm³/mol. The van der Waals surface area contributed by atoms with Crippen LogP contribution in [-0.4, -0.2) is 42.5 Å². The molecule has 18 heavy (non-hydrogen) atoms. The van der Waals surface area contributed by atoms with E-state index >= 15 is 0 Å². The number of amides is 1. The maximum absolute atomic E-state index is 11.8. The van der Waals surface area contributed by atoms with Crippen LogP contribution in [0.3, 0.4) is 0 Å². The van der Waals surface area contributed by atoms with E-state index in [-0.39, 0.29) is 36.2 Å². The minimum absolute atomic E-state index is 0. The lowest BCUT2D eigenvalue weighted by Gasteiger charge is -2.32. The summed E-state index contributed by atoms with van der Waals surface area (Å²) in [6.07, 6.45) is 2.00. The summed E-state index contributed by atoms with van der Waals surface area (Å²) in [5.74, 6) is -0.319. The van der Waals surface area contributed by atoms with E-state index in [9.17, 15) is 9.59 Å². The molecular formula is C12H23ClN2O3. The summed E-state index contributed by atoms with van der Waals surface area (Å²) in [6.45, 7) is 5.19. The van der Waals surface area contributed by atoms with Crippen LogP contribution in [0.2, 0.25) is 0 Å². The Morgan fingerprint density at radius 2 is 2.17 bits per heavy atom. The SMILES string of the molecule is CCOC(=O)C1CCCN(C(=O)CC(C)N)C1.Cl. The van der Waals surface area contributed by atoms with E-state index in [4.69, 9.17) is 10.5 Å². The highest BCUT2D eigenvalue weighted by Gasteiger charge is 2.29. The highest BCUT2D eigenvalue weighted by atomic mass is 35.5. The average molecular weight is 279 g/mol. The van der Waals surface area contributed by atoms with Gasteiger partial charge >= 0.3 is 5.97 Å². The van der Waals surface area contributed by atoms with Crippen molar-refractivity contribution in [1.29, 1.82) is 0 Å². The highest BCUT2D eigenvalue weighted by Crippen LogP contribution is 2.18. The summed E-state index contributed by atoms with van der Waals surface area (Å²) >= 11 is 0. The number of hydrogen-bond acceptors (Lipinski definition) is 4. The van der Waals surface area contributed by atoms with Gasteiger partial charge < -0.3 is 15.4 Å². The Morgan fingerprint density at radius 1 is 1.50 bits per heavy atom. The van der Waals surface area contributed by atoms with Crippen LogP contribution in [0.4, 0.5) is 0 Å². The van der Waals surface area contributed by atoms with Crippen LogP contribution in [0, 0.1) is 5.92 Å². The lowest BCUT2D eigenvalue weighted by Crippen LogP contribution is -2.44. The Bertz CT molecular complexity index is 284. The molecule has 5 nitrogen and oxygen atoms in total. The van der Waals surface area contributed by atoms with Gasteiger partial charge in [-0.25, -0.2) is 0 Å². The number of hydrogen-bond donors (Lipinski definition) is 1. The molecule has 0 aliphatic carbocycles. The molecule has 0 aromatic heterocycles. The minimum atomic E-state index is -0.189. The number of carbonyl (C=O) groups is 2. The molecular weight excluding hydrogens is 256 g/mol. The monoisotopic (exact) mass is 278 g/mol. The Kier molecular flexibility index (Phi) is 7.95. The van der Waals surface area contributed by atoms with E-state index in [1.165, 1.54) is 0 Å². The summed E-state index contributed by atoms with van der Waals surface area (Å²) < 4.78 is 4.99. The molecule has 2 N–H and O–H groups in total. The quantitative estimate of drug-likeness (QED) is 0.777. The van der Waals surface area contributed by atoms with E-state index < -0.39 is 0 Å². The standard InChI is InChI=1S/C12H22N2O3.ClH/c1-3-17-12(16)10-5-4-6-14(8-10)11(15)7-9(2)13;/h9-10H,3-8,13H2,1-2H3;1H. The smallest absolute Gasteiger partial charge is 0.310 e. The molecule has 2 atom stereocenters. The van der Waals surface area contributed by atoms with Crippen LogP contribution in [0.15, 0.2) is 0 Å². The van der Waals surface area contributed by atoms with Crippen molar-refractivity contribution >= 4 is 24.3 Å². The Balaban J connectivity index is 0.00000289. The second-order valence-corrected chi connectivity index (χ2v) is 4.61. The largest absolute Gasteiger partial charge is 0.466 e. The molecule has 6 heteroatoms. The van der Waals surface area contributed by atoms with Crippen molar-refractivity contribution in [2.24, 2.45) is 11.7 Å². The summed E-state index contributed by atoms with van der Waals surface area (Å²) in [7, 11) is 0. The molecule has 0 saturated carbocycles. The number of ether oxygens (including phenoxy) is 1. The average Bonchev–Trinajstić information content (AvgIpc) is 2.28. The fraction of sp³-hybridized carbons (Fsp3) is 0.833. The fourth-order valence-corrected chi connectivity index (χ4v) is 2.06. The van der Waals surface area contributed by atoms with Gasteiger partial charge in [0.25, 0.3) is 0 Å². The van der Waals surface area contributed by atoms with Gasteiger partial charge in [-0.05, 0) is 26.7 Å². The molecule has 0 spiro atoms. The second kappa shape index (κ2) is 8.32. The van der Waals surface area contributed by atoms with Crippen molar-refractivity contribution in [1.82, 2.24) is 4.90 Å². The van der Waals surface area contributed by atoms with Crippen LogP contribution >= 0.6 is 12.4 Å². The van der Waals surface area contributed by atoms with Gasteiger partial charge in [0.05, 0.1) is 12.5 Å². The van der Waals surface area contributed by atoms with Gasteiger partial charge in [-0.1, -0.05) is 0 Å². The zero-order valence-electron chi connectivity index (χ0n) is 11.1. The zero-order valence-corrected chi connectivity index (χ0v) is 11.9. The van der Waals surface area contributed by atoms with E-state index in [1.54, 1.807) is 11.8 Å². The summed E-state index contributed by atoms with van der Waals surface area (Å²) in [5, 5.41) is 0. The number of halogens is 1. The molecule has 1 amide bonds. The van der Waals surface area contributed by atoms with Crippen molar-refractivity contribution < 1.29 is 14.3 Å². The maximum Gasteiger partial charge on any atom is 0.310 e. The molecule has 106 valence electrons. The first-order valence-corrected chi connectivity index (χ1v) is 6.24. The number of rotatable bonds is 4. The third-order valence-corrected chi connectivity index (χ3v) is 2.89. The Hall–Kier alpha value is -0.810. The van der Waals surface area contributed by atoms with Crippen molar-refractivity contribution in [3.05, 3.63) is 0 Å². The van der Waals surface area contributed by atoms with Crippen LogP contribution in [0.5, 0.6) is 0 Å². The molecule has 0 aromatic rings. The van der Waals surface area contributed by atoms with Crippen LogP contribution in [-0.2, 0) is 14.3 Å². The molecule has 1 heterocycles. The molecule has 1 saturated heterocycles. The number of carbonyl (C=O) groups excluding carboxylic acids is 2. The molecule has 1 fully saturated rings. The van der Waals surface area contributed by atoms with Crippen molar-refractivity contribution in [3.63, 3.8) is 0 Å². The molecule has 1 rings (SSSR count). The zero-order chi connectivity index (χ0) is 12.8. The van der Waals surface area contributed by atoms with Gasteiger partial charge in [0.15, 0.2) is 0 Å². The number of likely N-dealkylation sites (tertiary alicyclic amines) is 1. The van der Waals surface area contributed by atoms with E-state index in [0.29, 0.717) is 19.6 Å². The minimum Gasteiger partial charge on any atom is -0.466 e. The lowest BCUT2D eigenvalue weighted by atomic mass is 9.97. The highest BCUT2D eigenvalue weighted by molar-refractivity contribution is 5.85. The van der Waals surface area contributed by atoms with Gasteiger partial charge in [0.2, 0.25) is 5.91 Å². The topological polar surface area (TPSA) is 72.6 Å². The van der Waals surface area contributed by atoms with Gasteiger partial charge in [-0.3, -0.25) is 9.59 Å². The second-order valence-electron chi connectivity index (χ2n) is 4.61. The first kappa shape index (κ1) is 17.2. The summed E-state index contributed by atoms with van der Waals surface area (Å²) in [4.78, 5) is 25.2. The van der Waals surface area contributed by atoms with Crippen LogP contribution < -0.4 is 5.73 Å². The molecule has 1 aliphatic heterocycles. The number of nitrogens with two attached hydrogens (primary N) is 1. The molecule has 1 aliphatic rings. The first-order chi connectivity index (χ1) is 8.04. The normalized spacial score (nSPS) is 20.8. The van der Waals surface area contributed by atoms with Gasteiger partial charge in [-0.15, -0.1) is 12.4 Å². The summed E-state index contributed by atoms with van der Waals surface area (Å²) in [5.41, 5.74) is 5.60. The maximum atomic E-state index is 11.8. The molecule has 0 bridgehead atoms. The van der Waals surface area contributed by atoms with E-state index in [2.05, 4.69) is 0 Å². The number of nitrogens with zero attached hydrogens (tertiary/aromatic N) is 1. The molecule has 0 radical (unpaired) electrons. The van der Waals surface area contributed by atoms with Gasteiger partial charge in [0.1, 0.15) is 0 Å². The molecule has 0 aromatic carbocycles. The number of piperidine rings is 1. The Labute approximate surface area is 114 Å². The predicted octanol–water partition coefficient (Wildman–Crippen LogP) is 0.947. The van der Waals surface area contributed by atoms with Crippen molar-refractivity contribution in [3.8, 4) is 0 Å². The Morgan fingerprint density at radius 3 is 2.72 bits per heavy atom. The van der Waals surface area contributed by atoms with E-state index in [1.807, 2.05) is 6.92 Å². The first-order valence-electron chi connectivity index (χ1n) is 6.24. The van der Waals surface area contributed by atoms with Crippen LogP contribution in [0.1, 0.15) is 33.1 Å². The lowest BCUT2D eigenvalue weighted by molar-refractivity contribution is -0.151. The third-order valence-electron chi connectivity index (χ3n) is 2.89. The van der Waals surface area contributed by atoms with Crippen LogP contribution in [0.25, 0.3) is 0 Å². The van der Waals surface area contributed by atoms with Gasteiger partial charge in [-0.2, -0.15) is 0 Å². The van der Waals surface area contributed by atoms with Crippen molar-refractivity contribution in [2.45, 2.75) is 39.2 Å². The summed E-state index contributed by atoms with van der Waals surface area (Å²) in [6, 6.07) is -0.134. The fourth-order valence-electron chi connectivity index (χ4n) is 2.06.